The largest absolute Gasteiger partial charge is 0.425 e. The molecule has 0 saturated heterocycles. The Bertz CT molecular complexity index is 1640. The molecule has 0 fully saturated rings. The number of nitriles is 1. The maximum Gasteiger partial charge on any atom is 0.299 e. The van der Waals surface area contributed by atoms with Crippen molar-refractivity contribution in [1.82, 2.24) is 0 Å². The number of aromatic nitrogens is 1. The third-order valence-corrected chi connectivity index (χ3v) is 6.88. The van der Waals surface area contributed by atoms with Gasteiger partial charge in [0.1, 0.15) is 22.9 Å². The number of fused-ring (bicyclic) bond motifs is 7. The number of thiazole rings is 1. The van der Waals surface area contributed by atoms with E-state index in [1.165, 1.54) is 20.8 Å². The summed E-state index contributed by atoms with van der Waals surface area (Å²) in [6.07, 6.45) is 0. The molecule has 138 valence electrons. The summed E-state index contributed by atoms with van der Waals surface area (Å²) in [5, 5.41) is 13.4. The first-order valence-corrected chi connectivity index (χ1v) is 10.1. The van der Waals surface area contributed by atoms with Gasteiger partial charge in [0.15, 0.2) is 0 Å². The van der Waals surface area contributed by atoms with Crippen molar-refractivity contribution >= 4 is 54.7 Å². The van der Waals surface area contributed by atoms with Crippen LogP contribution in [0.15, 0.2) is 63.4 Å². The topological polar surface area (TPSA) is 54.0 Å². The molecule has 3 aromatic carbocycles. The molecule has 0 radical (unpaired) electrons. The molecule has 0 bridgehead atoms. The molecule has 6 rings (SSSR count). The maximum atomic E-state index is 9.18. The van der Waals surface area contributed by atoms with Crippen molar-refractivity contribution < 1.29 is 13.4 Å². The van der Waals surface area contributed by atoms with Gasteiger partial charge in [-0.25, -0.2) is 0 Å². The quantitative estimate of drug-likeness (QED) is 0.311. The molecule has 0 unspecified atom stereocenters. The molecular formula is C24H15N2O2S+. The van der Waals surface area contributed by atoms with E-state index in [1.807, 2.05) is 18.2 Å². The first-order chi connectivity index (χ1) is 14.2. The minimum absolute atomic E-state index is 0.506. The molecule has 0 saturated carbocycles. The number of rotatable bonds is 1. The van der Waals surface area contributed by atoms with Crippen LogP contribution < -0.4 is 4.57 Å². The first kappa shape index (κ1) is 16.3. The van der Waals surface area contributed by atoms with Crippen molar-refractivity contribution in [3.05, 3.63) is 65.7 Å². The molecule has 4 nitrogen and oxygen atoms in total. The van der Waals surface area contributed by atoms with E-state index in [0.29, 0.717) is 16.9 Å². The Morgan fingerprint density at radius 3 is 2.62 bits per heavy atom. The van der Waals surface area contributed by atoms with Crippen molar-refractivity contribution in [1.29, 1.82) is 5.26 Å². The minimum Gasteiger partial charge on any atom is -0.425 e. The Morgan fingerprint density at radius 2 is 1.79 bits per heavy atom. The summed E-state index contributed by atoms with van der Waals surface area (Å²) >= 11 is 1.77. The molecule has 0 atom stereocenters. The van der Waals surface area contributed by atoms with E-state index in [9.17, 15) is 5.26 Å². The van der Waals surface area contributed by atoms with Crippen LogP contribution in [0.4, 0.5) is 0 Å². The fraction of sp³-hybridized carbons (Fsp3) is 0.0833. The van der Waals surface area contributed by atoms with E-state index in [1.54, 1.807) is 17.4 Å². The Kier molecular flexibility index (Phi) is 3.21. The second kappa shape index (κ2) is 5.69. The van der Waals surface area contributed by atoms with Crippen LogP contribution in [-0.4, -0.2) is 0 Å². The summed E-state index contributed by atoms with van der Waals surface area (Å²) in [4.78, 5) is 0. The maximum absolute atomic E-state index is 9.18. The standard InChI is InChI=1S/C24H15N2O2S/c1-13-5-3-4-6-15(13)23-26(2)17-9-10-18-21(22(17)29-23)20-16-8-7-14(12-25)11-19(16)28-24(20)27-18/h3-11H,1-2H3/q+1. The normalized spacial score (nSPS) is 11.8. The van der Waals surface area contributed by atoms with Crippen LogP contribution in [0.3, 0.4) is 0 Å². The fourth-order valence-corrected chi connectivity index (χ4v) is 5.50. The summed E-state index contributed by atoms with van der Waals surface area (Å²) < 4.78 is 15.4. The van der Waals surface area contributed by atoms with Gasteiger partial charge in [-0.3, -0.25) is 0 Å². The van der Waals surface area contributed by atoms with Crippen molar-refractivity contribution in [2.45, 2.75) is 6.92 Å². The van der Waals surface area contributed by atoms with Crippen molar-refractivity contribution in [3.8, 4) is 16.6 Å². The Balaban J connectivity index is 1.76. The second-order valence-corrected chi connectivity index (χ2v) is 8.26. The van der Waals surface area contributed by atoms with Gasteiger partial charge in [0, 0.05) is 11.5 Å². The smallest absolute Gasteiger partial charge is 0.299 e. The molecule has 3 heterocycles. The van der Waals surface area contributed by atoms with E-state index in [2.05, 4.69) is 54.9 Å². The molecule has 3 aromatic heterocycles. The molecule has 0 N–H and O–H groups in total. The summed E-state index contributed by atoms with van der Waals surface area (Å²) in [5.74, 6) is 0.506. The molecule has 29 heavy (non-hydrogen) atoms. The Labute approximate surface area is 169 Å². The van der Waals surface area contributed by atoms with Crippen LogP contribution in [0.25, 0.3) is 53.9 Å². The summed E-state index contributed by atoms with van der Waals surface area (Å²) in [6.45, 7) is 2.14. The number of nitrogens with zero attached hydrogens (tertiary/aromatic N) is 2. The van der Waals surface area contributed by atoms with Crippen LogP contribution in [0, 0.1) is 18.3 Å². The third-order valence-electron chi connectivity index (χ3n) is 5.58. The van der Waals surface area contributed by atoms with Crippen LogP contribution in [-0.2, 0) is 7.05 Å². The lowest BCUT2D eigenvalue weighted by atomic mass is 10.1. The van der Waals surface area contributed by atoms with E-state index < -0.39 is 0 Å². The van der Waals surface area contributed by atoms with Crippen molar-refractivity contribution in [2.75, 3.05) is 0 Å². The van der Waals surface area contributed by atoms with Gasteiger partial charge >= 0.3 is 0 Å². The van der Waals surface area contributed by atoms with Gasteiger partial charge in [-0.05, 0) is 42.8 Å². The number of furan rings is 2. The van der Waals surface area contributed by atoms with Gasteiger partial charge in [0.25, 0.3) is 10.8 Å². The Hall–Kier alpha value is -3.62. The number of benzene rings is 3. The van der Waals surface area contributed by atoms with Gasteiger partial charge in [0.05, 0.1) is 28.0 Å². The SMILES string of the molecule is Cc1ccccc1-c1sc2c3c(ccc2[n+]1C)oc1oc2cc(C#N)ccc2c13. The van der Waals surface area contributed by atoms with E-state index in [4.69, 9.17) is 8.83 Å². The molecule has 0 aliphatic carbocycles. The van der Waals surface area contributed by atoms with E-state index >= 15 is 0 Å². The lowest BCUT2D eigenvalue weighted by Crippen LogP contribution is -2.28. The number of hydrogen-bond donors (Lipinski definition) is 0. The highest BCUT2D eigenvalue weighted by Gasteiger charge is 2.26. The fourth-order valence-electron chi connectivity index (χ4n) is 4.12. The zero-order chi connectivity index (χ0) is 19.7. The molecule has 0 aliphatic rings. The minimum atomic E-state index is 0.506. The summed E-state index contributed by atoms with van der Waals surface area (Å²) in [6, 6.07) is 20.3. The van der Waals surface area contributed by atoms with Gasteiger partial charge < -0.3 is 8.83 Å². The molecular weight excluding hydrogens is 380 g/mol. The van der Waals surface area contributed by atoms with Gasteiger partial charge in [-0.2, -0.15) is 9.83 Å². The predicted octanol–water partition coefficient (Wildman–Crippen LogP) is 6.22. The first-order valence-electron chi connectivity index (χ1n) is 9.32. The molecule has 0 aliphatic heterocycles. The van der Waals surface area contributed by atoms with Crippen molar-refractivity contribution in [2.24, 2.45) is 7.05 Å². The summed E-state index contributed by atoms with van der Waals surface area (Å²) in [7, 11) is 2.11. The molecule has 6 aromatic rings. The molecule has 0 spiro atoms. The Morgan fingerprint density at radius 1 is 0.966 bits per heavy atom. The second-order valence-electron chi connectivity index (χ2n) is 7.26. The lowest BCUT2D eigenvalue weighted by Gasteiger charge is -1.98. The summed E-state index contributed by atoms with van der Waals surface area (Å²) in [5.41, 5.74) is 5.72. The highest BCUT2D eigenvalue weighted by molar-refractivity contribution is 7.22. The van der Waals surface area contributed by atoms with Crippen molar-refractivity contribution in [3.63, 3.8) is 0 Å². The average Bonchev–Trinajstić information content (AvgIpc) is 3.37. The van der Waals surface area contributed by atoms with E-state index in [-0.39, 0.29) is 0 Å². The van der Waals surface area contributed by atoms with Gasteiger partial charge in [-0.15, -0.1) is 0 Å². The molecule has 5 heteroatoms. The molecule has 0 amide bonds. The van der Waals surface area contributed by atoms with Crippen LogP contribution >= 0.6 is 11.3 Å². The zero-order valence-electron chi connectivity index (χ0n) is 15.8. The predicted molar refractivity (Wildman–Crippen MR) is 115 cm³/mol. The number of aryl methyl sites for hydroxylation is 2. The number of hydrogen-bond acceptors (Lipinski definition) is 4. The highest BCUT2D eigenvalue weighted by atomic mass is 32.1. The third kappa shape index (κ3) is 2.15. The lowest BCUT2D eigenvalue weighted by molar-refractivity contribution is -0.629. The average molecular weight is 395 g/mol. The highest BCUT2D eigenvalue weighted by Crippen LogP contribution is 2.43. The van der Waals surface area contributed by atoms with Crippen LogP contribution in [0.2, 0.25) is 0 Å². The van der Waals surface area contributed by atoms with Gasteiger partial charge in [-0.1, -0.05) is 29.5 Å². The van der Waals surface area contributed by atoms with E-state index in [0.717, 1.165) is 27.3 Å². The van der Waals surface area contributed by atoms with Gasteiger partial charge in [0.2, 0.25) is 5.52 Å². The van der Waals surface area contributed by atoms with Crippen LogP contribution in [0.1, 0.15) is 11.1 Å². The van der Waals surface area contributed by atoms with Crippen LogP contribution in [0.5, 0.6) is 0 Å². The monoisotopic (exact) mass is 395 g/mol. The zero-order valence-corrected chi connectivity index (χ0v) is 16.6.